The van der Waals surface area contributed by atoms with E-state index in [4.69, 9.17) is 14.7 Å². The molecule has 0 spiro atoms. The first-order valence-corrected chi connectivity index (χ1v) is 17.5. The molecule has 0 aliphatic carbocycles. The van der Waals surface area contributed by atoms with E-state index in [-0.39, 0.29) is 21.1 Å². The van der Waals surface area contributed by atoms with Gasteiger partial charge in [-0.1, -0.05) is 78.5 Å². The third kappa shape index (κ3) is 4.77. The third-order valence-electron chi connectivity index (χ3n) is 10.1. The average molecular weight is 879 g/mol. The summed E-state index contributed by atoms with van der Waals surface area (Å²) >= 11 is 0. The third-order valence-corrected chi connectivity index (χ3v) is 10.1. The molecule has 9 heteroatoms. The first kappa shape index (κ1) is 32.2. The van der Waals surface area contributed by atoms with Crippen molar-refractivity contribution in [2.75, 3.05) is 0 Å². The molecule has 6 aromatic carbocycles. The number of ether oxygens (including phenoxy) is 1. The Bertz CT molecular complexity index is 3240. The molecular weight excluding hydrogens is 850 g/mol. The van der Waals surface area contributed by atoms with Gasteiger partial charge in [-0.15, -0.1) is 30.3 Å². The van der Waals surface area contributed by atoms with Crippen LogP contribution in [0.1, 0.15) is 5.56 Å². The fourth-order valence-corrected chi connectivity index (χ4v) is 7.75. The van der Waals surface area contributed by atoms with Crippen LogP contribution in [0, 0.1) is 25.4 Å². The average Bonchev–Trinajstić information content (AvgIpc) is 3.93. The number of fused-ring (bicyclic) bond motifs is 9. The number of hydrogen-bond acceptors (Lipinski definition) is 3. The second-order valence-corrected chi connectivity index (χ2v) is 13.3. The normalized spacial score (nSPS) is 11.7. The Balaban J connectivity index is 0.00000361. The first-order valence-electron chi connectivity index (χ1n) is 17.5. The summed E-state index contributed by atoms with van der Waals surface area (Å²) in [6.07, 6.45) is 5.37. The molecular formula is C45H29N7OPt-2. The summed E-state index contributed by atoms with van der Waals surface area (Å²) in [5, 5.41) is 2.23. The van der Waals surface area contributed by atoms with Gasteiger partial charge in [-0.2, -0.15) is 12.1 Å². The molecule has 54 heavy (non-hydrogen) atoms. The van der Waals surface area contributed by atoms with Gasteiger partial charge < -0.3 is 22.8 Å². The van der Waals surface area contributed by atoms with Crippen molar-refractivity contribution in [3.63, 3.8) is 0 Å². The van der Waals surface area contributed by atoms with Gasteiger partial charge in [-0.25, -0.2) is 9.97 Å². The van der Waals surface area contributed by atoms with Crippen LogP contribution in [-0.4, -0.2) is 28.1 Å². The zero-order valence-electron chi connectivity index (χ0n) is 29.1. The van der Waals surface area contributed by atoms with E-state index in [1.807, 2.05) is 64.8 Å². The maximum atomic E-state index is 6.51. The Kier molecular flexibility index (Phi) is 7.32. The molecule has 0 bridgehead atoms. The van der Waals surface area contributed by atoms with Crippen LogP contribution < -0.4 is 9.30 Å². The smallest absolute Gasteiger partial charge is 0.242 e. The van der Waals surface area contributed by atoms with E-state index >= 15 is 0 Å². The topological polar surface area (TPSA) is 58.1 Å². The van der Waals surface area contributed by atoms with E-state index in [1.54, 1.807) is 0 Å². The second-order valence-electron chi connectivity index (χ2n) is 13.3. The van der Waals surface area contributed by atoms with Crippen molar-refractivity contribution in [1.29, 1.82) is 0 Å². The summed E-state index contributed by atoms with van der Waals surface area (Å²) in [7, 11) is 1.99. The van der Waals surface area contributed by atoms with E-state index in [9.17, 15) is 0 Å². The van der Waals surface area contributed by atoms with Gasteiger partial charge in [0.25, 0.3) is 0 Å². The van der Waals surface area contributed by atoms with Crippen molar-refractivity contribution >= 4 is 60.7 Å². The number of para-hydroxylation sites is 5. The second kappa shape index (κ2) is 12.3. The van der Waals surface area contributed by atoms with Gasteiger partial charge in [0.2, 0.25) is 12.1 Å². The molecule has 0 unspecified atom stereocenters. The summed E-state index contributed by atoms with van der Waals surface area (Å²) in [5.74, 6) is 2.61. The molecule has 0 saturated carbocycles. The fraction of sp³-hybridized carbons (Fsp3) is 0.0444. The zero-order chi connectivity index (χ0) is 35.2. The zero-order valence-corrected chi connectivity index (χ0v) is 31.4. The maximum absolute atomic E-state index is 6.51. The van der Waals surface area contributed by atoms with Gasteiger partial charge in [0.1, 0.15) is 5.82 Å². The van der Waals surface area contributed by atoms with E-state index in [0.29, 0.717) is 11.5 Å². The minimum absolute atomic E-state index is 0. The van der Waals surface area contributed by atoms with Crippen molar-refractivity contribution in [3.05, 3.63) is 164 Å². The molecule has 0 saturated heterocycles. The number of hydrogen-bond donors (Lipinski definition) is 0. The number of aryl methyl sites for hydroxylation is 2. The standard InChI is InChI=1S/C45H29N7O.Pt/c1-29-12-10-21-40-44(29)47-45-51(40)39-23-22-33(53-32-16-11-15-31(24-32)49-28-48(2)37-19-8-9-20-38(37)49)25-42(39)52(45)43-26-41-35(27-46-43)34-17-6-7-18-36(34)50(41)30-13-4-3-5-14-30;/h3-23,26-27H,1-2H3;/q-2;. The van der Waals surface area contributed by atoms with Crippen molar-refractivity contribution in [1.82, 2.24) is 28.1 Å². The van der Waals surface area contributed by atoms with Gasteiger partial charge in [0.15, 0.2) is 0 Å². The van der Waals surface area contributed by atoms with Gasteiger partial charge in [-0.05, 0) is 47.8 Å². The van der Waals surface area contributed by atoms with Gasteiger partial charge in [0.05, 0.1) is 40.1 Å². The van der Waals surface area contributed by atoms with Crippen LogP contribution in [0.4, 0.5) is 0 Å². The Hall–Kier alpha value is -6.50. The SMILES string of the molecule is Cc1cccc2c1nc1n(-c3cc4c(cn3)c3ccccc3n4-c3ccccc3)c3[c-]c(Oc4[c-]c(-n5[c-][n+](C)c6ccccc65)ccc4)ccc3n21.[Pt]. The molecule has 11 rings (SSSR count). The number of rotatable bonds is 5. The van der Waals surface area contributed by atoms with Gasteiger partial charge in [0, 0.05) is 61.3 Å². The molecule has 0 aliphatic rings. The monoisotopic (exact) mass is 878 g/mol. The van der Waals surface area contributed by atoms with Crippen LogP contribution in [-0.2, 0) is 28.1 Å². The number of pyridine rings is 1. The Morgan fingerprint density at radius 3 is 2.30 bits per heavy atom. The quantitative estimate of drug-likeness (QED) is 0.128. The molecule has 11 aromatic rings. The van der Waals surface area contributed by atoms with E-state index in [2.05, 4.69) is 130 Å². The molecule has 262 valence electrons. The summed E-state index contributed by atoms with van der Waals surface area (Å²) in [6, 6.07) is 52.6. The Labute approximate surface area is 324 Å². The van der Waals surface area contributed by atoms with Crippen LogP contribution in [0.2, 0.25) is 0 Å². The molecule has 5 heterocycles. The van der Waals surface area contributed by atoms with Crippen molar-refractivity contribution < 1.29 is 30.4 Å². The molecule has 0 amide bonds. The molecule has 0 aliphatic heterocycles. The summed E-state index contributed by atoms with van der Waals surface area (Å²) < 4.78 is 17.1. The molecule has 0 radical (unpaired) electrons. The van der Waals surface area contributed by atoms with Crippen LogP contribution in [0.3, 0.4) is 0 Å². The van der Waals surface area contributed by atoms with Crippen LogP contribution >= 0.6 is 0 Å². The largest absolute Gasteiger partial charge is 0.510 e. The Morgan fingerprint density at radius 1 is 0.648 bits per heavy atom. The van der Waals surface area contributed by atoms with Crippen LogP contribution in [0.5, 0.6) is 11.5 Å². The maximum Gasteiger partial charge on any atom is 0.242 e. The molecule has 0 fully saturated rings. The predicted molar refractivity (Wildman–Crippen MR) is 207 cm³/mol. The van der Waals surface area contributed by atoms with Crippen LogP contribution in [0.25, 0.3) is 77.9 Å². The Morgan fingerprint density at radius 2 is 1.41 bits per heavy atom. The summed E-state index contributed by atoms with van der Waals surface area (Å²) in [6.45, 7) is 2.10. The number of nitrogens with zero attached hydrogens (tertiary/aromatic N) is 7. The van der Waals surface area contributed by atoms with Crippen LogP contribution in [0.15, 0.2) is 140 Å². The molecule has 5 aromatic heterocycles. The minimum Gasteiger partial charge on any atom is -0.510 e. The molecule has 8 nitrogen and oxygen atoms in total. The van der Waals surface area contributed by atoms with E-state index in [0.717, 1.165) is 83.4 Å². The first-order chi connectivity index (χ1) is 26.1. The molecule has 0 atom stereocenters. The van der Waals surface area contributed by atoms with E-state index in [1.165, 1.54) is 0 Å². The molecule has 0 N–H and O–H groups in total. The van der Waals surface area contributed by atoms with Crippen molar-refractivity contribution in [2.45, 2.75) is 6.92 Å². The predicted octanol–water partition coefficient (Wildman–Crippen LogP) is 9.19. The minimum atomic E-state index is 0. The van der Waals surface area contributed by atoms with E-state index < -0.39 is 0 Å². The fourth-order valence-electron chi connectivity index (χ4n) is 7.75. The number of benzene rings is 6. The number of aromatic nitrogens is 7. The van der Waals surface area contributed by atoms with Crippen molar-refractivity contribution in [3.8, 4) is 28.7 Å². The van der Waals surface area contributed by atoms with Gasteiger partial charge in [-0.3, -0.25) is 4.57 Å². The van der Waals surface area contributed by atoms with Gasteiger partial charge >= 0.3 is 0 Å². The van der Waals surface area contributed by atoms with Crippen molar-refractivity contribution in [2.24, 2.45) is 7.05 Å². The number of imidazole rings is 3. The summed E-state index contributed by atoms with van der Waals surface area (Å²) in [4.78, 5) is 10.3. The summed E-state index contributed by atoms with van der Waals surface area (Å²) in [5.41, 5.74) is 11.0.